The standard InChI is InChI=1S/C7H11N3.ClH/c1-10-4-6(9-5-10)7(8)2-3-7;/h4-5H,2-3,8H2,1H3;1H. The van der Waals surface area contributed by atoms with E-state index in [9.17, 15) is 0 Å². The largest absolute Gasteiger partial charge is 0.340 e. The minimum atomic E-state index is -0.0682. The minimum absolute atomic E-state index is 0. The van der Waals surface area contributed by atoms with Crippen molar-refractivity contribution in [2.75, 3.05) is 0 Å². The van der Waals surface area contributed by atoms with Gasteiger partial charge in [-0.25, -0.2) is 4.98 Å². The molecule has 11 heavy (non-hydrogen) atoms. The summed E-state index contributed by atoms with van der Waals surface area (Å²) in [5.74, 6) is 0. The lowest BCUT2D eigenvalue weighted by Crippen LogP contribution is -2.18. The van der Waals surface area contributed by atoms with Crippen LogP contribution < -0.4 is 5.73 Å². The van der Waals surface area contributed by atoms with Crippen molar-refractivity contribution in [3.05, 3.63) is 18.2 Å². The molecule has 0 aliphatic heterocycles. The van der Waals surface area contributed by atoms with Crippen LogP contribution in [0, 0.1) is 0 Å². The van der Waals surface area contributed by atoms with Crippen LogP contribution in [0.1, 0.15) is 18.5 Å². The zero-order valence-electron chi connectivity index (χ0n) is 6.45. The van der Waals surface area contributed by atoms with E-state index in [0.717, 1.165) is 18.5 Å². The first kappa shape index (κ1) is 8.56. The highest BCUT2D eigenvalue weighted by molar-refractivity contribution is 5.85. The van der Waals surface area contributed by atoms with Gasteiger partial charge in [0.15, 0.2) is 0 Å². The predicted molar refractivity (Wildman–Crippen MR) is 45.6 cm³/mol. The van der Waals surface area contributed by atoms with Gasteiger partial charge in [-0.2, -0.15) is 0 Å². The molecular weight excluding hydrogens is 162 g/mol. The number of halogens is 1. The van der Waals surface area contributed by atoms with E-state index >= 15 is 0 Å². The molecule has 0 unspecified atom stereocenters. The fourth-order valence-electron chi connectivity index (χ4n) is 1.06. The molecule has 0 atom stereocenters. The summed E-state index contributed by atoms with van der Waals surface area (Å²) in [4.78, 5) is 4.19. The second-order valence-corrected chi connectivity index (χ2v) is 3.08. The Morgan fingerprint density at radius 3 is 2.64 bits per heavy atom. The number of nitrogens with two attached hydrogens (primary N) is 1. The normalized spacial score (nSPS) is 19.1. The van der Waals surface area contributed by atoms with E-state index in [-0.39, 0.29) is 17.9 Å². The van der Waals surface area contributed by atoms with Crippen LogP contribution in [0.25, 0.3) is 0 Å². The summed E-state index contributed by atoms with van der Waals surface area (Å²) in [6, 6.07) is 0. The van der Waals surface area contributed by atoms with Crippen LogP contribution in [0.3, 0.4) is 0 Å². The number of aryl methyl sites for hydroxylation is 1. The average molecular weight is 174 g/mol. The third-order valence-corrected chi connectivity index (χ3v) is 2.00. The Hall–Kier alpha value is -0.540. The van der Waals surface area contributed by atoms with Gasteiger partial charge in [-0.05, 0) is 12.8 Å². The number of hydrogen-bond donors (Lipinski definition) is 1. The van der Waals surface area contributed by atoms with Gasteiger partial charge in [0, 0.05) is 13.2 Å². The Labute approximate surface area is 72.0 Å². The van der Waals surface area contributed by atoms with Gasteiger partial charge in [0.1, 0.15) is 0 Å². The fourth-order valence-corrected chi connectivity index (χ4v) is 1.06. The maximum absolute atomic E-state index is 5.91. The molecule has 1 heterocycles. The number of rotatable bonds is 1. The third-order valence-electron chi connectivity index (χ3n) is 2.00. The Kier molecular flexibility index (Phi) is 1.94. The third kappa shape index (κ3) is 1.39. The van der Waals surface area contributed by atoms with Crippen LogP contribution in [-0.4, -0.2) is 9.55 Å². The molecule has 0 amide bonds. The van der Waals surface area contributed by atoms with Crippen LogP contribution in [0.4, 0.5) is 0 Å². The van der Waals surface area contributed by atoms with E-state index in [1.54, 1.807) is 6.33 Å². The molecule has 1 aliphatic carbocycles. The summed E-state index contributed by atoms with van der Waals surface area (Å²) in [5, 5.41) is 0. The quantitative estimate of drug-likeness (QED) is 0.683. The van der Waals surface area contributed by atoms with Crippen molar-refractivity contribution in [2.45, 2.75) is 18.4 Å². The van der Waals surface area contributed by atoms with Crippen molar-refractivity contribution in [3.63, 3.8) is 0 Å². The van der Waals surface area contributed by atoms with Crippen molar-refractivity contribution in [2.24, 2.45) is 12.8 Å². The van der Waals surface area contributed by atoms with Gasteiger partial charge in [-0.15, -0.1) is 12.4 Å². The Bertz CT molecular complexity index is 252. The Morgan fingerprint density at radius 1 is 1.64 bits per heavy atom. The molecule has 0 saturated heterocycles. The van der Waals surface area contributed by atoms with E-state index in [1.807, 2.05) is 17.8 Å². The predicted octanol–water partition coefficient (Wildman–Crippen LogP) is 0.790. The van der Waals surface area contributed by atoms with E-state index in [2.05, 4.69) is 4.98 Å². The van der Waals surface area contributed by atoms with Gasteiger partial charge in [-0.1, -0.05) is 0 Å². The Morgan fingerprint density at radius 2 is 2.27 bits per heavy atom. The highest BCUT2D eigenvalue weighted by atomic mass is 35.5. The van der Waals surface area contributed by atoms with E-state index < -0.39 is 0 Å². The molecule has 0 spiro atoms. The molecule has 1 aromatic rings. The molecule has 0 aromatic carbocycles. The lowest BCUT2D eigenvalue weighted by atomic mass is 10.2. The molecule has 1 aliphatic rings. The highest BCUT2D eigenvalue weighted by Crippen LogP contribution is 2.41. The summed E-state index contributed by atoms with van der Waals surface area (Å²) >= 11 is 0. The lowest BCUT2D eigenvalue weighted by molar-refractivity contribution is 0.712. The van der Waals surface area contributed by atoms with Crippen LogP contribution in [0.2, 0.25) is 0 Å². The van der Waals surface area contributed by atoms with Gasteiger partial charge in [0.25, 0.3) is 0 Å². The first-order chi connectivity index (χ1) is 4.71. The topological polar surface area (TPSA) is 43.8 Å². The van der Waals surface area contributed by atoms with Gasteiger partial charge in [0.2, 0.25) is 0 Å². The summed E-state index contributed by atoms with van der Waals surface area (Å²) in [5.41, 5.74) is 6.87. The molecule has 1 saturated carbocycles. The fraction of sp³-hybridized carbons (Fsp3) is 0.571. The van der Waals surface area contributed by atoms with E-state index in [4.69, 9.17) is 5.73 Å². The molecule has 3 nitrogen and oxygen atoms in total. The van der Waals surface area contributed by atoms with Crippen molar-refractivity contribution in [1.29, 1.82) is 0 Å². The number of nitrogens with zero attached hydrogens (tertiary/aromatic N) is 2. The van der Waals surface area contributed by atoms with Crippen LogP contribution in [0.15, 0.2) is 12.5 Å². The molecule has 1 aromatic heterocycles. The molecule has 4 heteroatoms. The van der Waals surface area contributed by atoms with Gasteiger partial charge < -0.3 is 10.3 Å². The van der Waals surface area contributed by atoms with Crippen molar-refractivity contribution < 1.29 is 0 Å². The maximum atomic E-state index is 5.91. The summed E-state index contributed by atoms with van der Waals surface area (Å²) in [7, 11) is 1.96. The maximum Gasteiger partial charge on any atom is 0.0947 e. The van der Waals surface area contributed by atoms with Crippen molar-refractivity contribution >= 4 is 12.4 Å². The van der Waals surface area contributed by atoms with Crippen LogP contribution in [0.5, 0.6) is 0 Å². The first-order valence-electron chi connectivity index (χ1n) is 3.48. The zero-order chi connectivity index (χ0) is 7.19. The molecular formula is C7H12ClN3. The van der Waals surface area contributed by atoms with Gasteiger partial charge in [-0.3, -0.25) is 0 Å². The summed E-state index contributed by atoms with van der Waals surface area (Å²) < 4.78 is 1.93. The number of imidazole rings is 1. The second kappa shape index (κ2) is 2.50. The summed E-state index contributed by atoms with van der Waals surface area (Å²) in [6.07, 6.45) is 5.96. The molecule has 2 rings (SSSR count). The van der Waals surface area contributed by atoms with E-state index in [1.165, 1.54) is 0 Å². The number of aromatic nitrogens is 2. The van der Waals surface area contributed by atoms with Gasteiger partial charge >= 0.3 is 0 Å². The average Bonchev–Trinajstić information content (AvgIpc) is 2.45. The second-order valence-electron chi connectivity index (χ2n) is 3.08. The Balaban J connectivity index is 0.000000605. The summed E-state index contributed by atoms with van der Waals surface area (Å²) in [6.45, 7) is 0. The zero-order valence-corrected chi connectivity index (χ0v) is 7.27. The molecule has 1 fully saturated rings. The monoisotopic (exact) mass is 173 g/mol. The van der Waals surface area contributed by atoms with Crippen LogP contribution >= 0.6 is 12.4 Å². The molecule has 2 N–H and O–H groups in total. The number of hydrogen-bond acceptors (Lipinski definition) is 2. The lowest BCUT2D eigenvalue weighted by Gasteiger charge is -2.00. The van der Waals surface area contributed by atoms with Crippen molar-refractivity contribution in [1.82, 2.24) is 9.55 Å². The molecule has 0 radical (unpaired) electrons. The minimum Gasteiger partial charge on any atom is -0.340 e. The van der Waals surface area contributed by atoms with E-state index in [0.29, 0.717) is 0 Å². The van der Waals surface area contributed by atoms with Crippen LogP contribution in [-0.2, 0) is 12.6 Å². The molecule has 62 valence electrons. The highest BCUT2D eigenvalue weighted by Gasteiger charge is 2.41. The molecule has 0 bridgehead atoms. The van der Waals surface area contributed by atoms with Gasteiger partial charge in [0.05, 0.1) is 17.6 Å². The van der Waals surface area contributed by atoms with Crippen molar-refractivity contribution in [3.8, 4) is 0 Å². The smallest absolute Gasteiger partial charge is 0.0947 e. The SMILES string of the molecule is Cl.Cn1cnc(C2(N)CC2)c1. The first-order valence-corrected chi connectivity index (χ1v) is 3.48.